The molecule has 1 atom stereocenters. The van der Waals surface area contributed by atoms with E-state index >= 15 is 0 Å². The lowest BCUT2D eigenvalue weighted by atomic mass is 10.0. The van der Waals surface area contributed by atoms with Gasteiger partial charge in [0.25, 0.3) is 5.91 Å². The second kappa shape index (κ2) is 7.04. The molecule has 20 heavy (non-hydrogen) atoms. The molecular weight excluding hydrogens is 279 g/mol. The van der Waals surface area contributed by atoms with E-state index in [1.54, 1.807) is 11.0 Å². The molecule has 0 aromatic heterocycles. The van der Waals surface area contributed by atoms with Crippen molar-refractivity contribution in [2.75, 3.05) is 19.6 Å². The summed E-state index contributed by atoms with van der Waals surface area (Å²) in [7, 11) is 0. The molecule has 1 N–H and O–H groups in total. The van der Waals surface area contributed by atoms with Crippen LogP contribution in [-0.2, 0) is 0 Å². The van der Waals surface area contributed by atoms with Gasteiger partial charge in [0.05, 0.1) is 10.6 Å². The molecule has 2 rings (SSSR count). The minimum atomic E-state index is -0.549. The van der Waals surface area contributed by atoms with E-state index in [-0.39, 0.29) is 22.5 Å². The zero-order chi connectivity index (χ0) is 14.5. The summed E-state index contributed by atoms with van der Waals surface area (Å²) in [6, 6.07) is 4.47. The van der Waals surface area contributed by atoms with Gasteiger partial charge in [-0.3, -0.25) is 4.79 Å². The maximum Gasteiger partial charge on any atom is 0.258 e. The van der Waals surface area contributed by atoms with Crippen molar-refractivity contribution < 1.29 is 9.18 Å². The molecule has 5 heteroatoms. The van der Waals surface area contributed by atoms with Crippen LogP contribution in [0.5, 0.6) is 0 Å². The molecule has 0 saturated carbocycles. The third-order valence-electron chi connectivity index (χ3n) is 3.61. The van der Waals surface area contributed by atoms with Crippen LogP contribution in [0.4, 0.5) is 4.39 Å². The van der Waals surface area contributed by atoms with Crippen LogP contribution in [-0.4, -0.2) is 36.5 Å². The van der Waals surface area contributed by atoms with E-state index in [0.717, 1.165) is 32.4 Å². The fourth-order valence-electron chi connectivity index (χ4n) is 2.64. The number of nitrogens with zero attached hydrogens (tertiary/aromatic N) is 1. The quantitative estimate of drug-likeness (QED) is 0.926. The summed E-state index contributed by atoms with van der Waals surface area (Å²) in [5.41, 5.74) is -0.00631. The summed E-state index contributed by atoms with van der Waals surface area (Å²) in [6.45, 7) is 4.37. The van der Waals surface area contributed by atoms with Crippen molar-refractivity contribution in [3.8, 4) is 0 Å². The van der Waals surface area contributed by atoms with E-state index < -0.39 is 5.82 Å². The molecule has 0 spiro atoms. The Labute approximate surface area is 124 Å². The van der Waals surface area contributed by atoms with Crippen molar-refractivity contribution in [2.45, 2.75) is 32.2 Å². The number of carbonyl (C=O) groups is 1. The smallest absolute Gasteiger partial charge is 0.258 e. The number of benzene rings is 1. The van der Waals surface area contributed by atoms with Crippen LogP contribution in [0.1, 0.15) is 36.5 Å². The first-order valence-corrected chi connectivity index (χ1v) is 7.48. The number of hydrogen-bond donors (Lipinski definition) is 1. The Bertz CT molecular complexity index is 455. The fraction of sp³-hybridized carbons (Fsp3) is 0.533. The highest BCUT2D eigenvalue weighted by atomic mass is 35.5. The Morgan fingerprint density at radius 1 is 1.55 bits per heavy atom. The van der Waals surface area contributed by atoms with Crippen molar-refractivity contribution in [2.24, 2.45) is 0 Å². The normalized spacial score (nSPS) is 18.9. The van der Waals surface area contributed by atoms with Crippen LogP contribution >= 0.6 is 11.6 Å². The van der Waals surface area contributed by atoms with Gasteiger partial charge in [-0.2, -0.15) is 0 Å². The van der Waals surface area contributed by atoms with E-state index in [1.807, 2.05) is 6.92 Å². The molecule has 110 valence electrons. The molecule has 1 saturated heterocycles. The van der Waals surface area contributed by atoms with Gasteiger partial charge in [0.1, 0.15) is 5.82 Å². The molecule has 1 aromatic carbocycles. The first kappa shape index (κ1) is 15.3. The van der Waals surface area contributed by atoms with Crippen molar-refractivity contribution in [1.29, 1.82) is 0 Å². The van der Waals surface area contributed by atoms with Crippen LogP contribution in [0.25, 0.3) is 0 Å². The Morgan fingerprint density at radius 3 is 2.95 bits per heavy atom. The predicted molar refractivity (Wildman–Crippen MR) is 78.6 cm³/mol. The highest BCUT2D eigenvalue weighted by molar-refractivity contribution is 6.33. The van der Waals surface area contributed by atoms with Gasteiger partial charge in [-0.15, -0.1) is 0 Å². The lowest BCUT2D eigenvalue weighted by Crippen LogP contribution is -2.49. The third-order valence-corrected chi connectivity index (χ3v) is 3.93. The predicted octanol–water partition coefficient (Wildman–Crippen LogP) is 3.08. The SMILES string of the molecule is CCCN(C(=O)c1c(F)cccc1Cl)C1CCCNC1. The van der Waals surface area contributed by atoms with Gasteiger partial charge < -0.3 is 10.2 Å². The summed E-state index contributed by atoms with van der Waals surface area (Å²) in [4.78, 5) is 14.4. The van der Waals surface area contributed by atoms with Gasteiger partial charge in [-0.1, -0.05) is 24.6 Å². The van der Waals surface area contributed by atoms with Crippen LogP contribution in [0.2, 0.25) is 5.02 Å². The van der Waals surface area contributed by atoms with Crippen molar-refractivity contribution >= 4 is 17.5 Å². The first-order valence-electron chi connectivity index (χ1n) is 7.10. The molecular formula is C15H20ClFN2O. The van der Waals surface area contributed by atoms with Crippen molar-refractivity contribution in [3.05, 3.63) is 34.6 Å². The number of nitrogens with one attached hydrogen (secondary N) is 1. The van der Waals surface area contributed by atoms with E-state index in [0.29, 0.717) is 6.54 Å². The number of hydrogen-bond acceptors (Lipinski definition) is 2. The van der Waals surface area contributed by atoms with E-state index in [9.17, 15) is 9.18 Å². The van der Waals surface area contributed by atoms with Crippen LogP contribution in [0.15, 0.2) is 18.2 Å². The average molecular weight is 299 g/mol. The first-order chi connectivity index (χ1) is 9.65. The fourth-order valence-corrected chi connectivity index (χ4v) is 2.88. The van der Waals surface area contributed by atoms with Gasteiger partial charge >= 0.3 is 0 Å². The summed E-state index contributed by atoms with van der Waals surface area (Å²) in [5, 5.41) is 3.47. The molecule has 0 radical (unpaired) electrons. The lowest BCUT2D eigenvalue weighted by Gasteiger charge is -2.35. The van der Waals surface area contributed by atoms with Crippen LogP contribution in [0, 0.1) is 5.82 Å². The number of piperidine rings is 1. The largest absolute Gasteiger partial charge is 0.334 e. The Hall–Kier alpha value is -1.13. The zero-order valence-electron chi connectivity index (χ0n) is 11.7. The van der Waals surface area contributed by atoms with Gasteiger partial charge in [0.15, 0.2) is 0 Å². The molecule has 1 aliphatic rings. The molecule has 1 amide bonds. The van der Waals surface area contributed by atoms with E-state index in [4.69, 9.17) is 11.6 Å². The van der Waals surface area contributed by atoms with Crippen LogP contribution < -0.4 is 5.32 Å². The monoisotopic (exact) mass is 298 g/mol. The maximum atomic E-state index is 13.9. The second-order valence-electron chi connectivity index (χ2n) is 5.10. The zero-order valence-corrected chi connectivity index (χ0v) is 12.4. The van der Waals surface area contributed by atoms with Crippen LogP contribution in [0.3, 0.4) is 0 Å². The number of halogens is 2. The third kappa shape index (κ3) is 3.30. The van der Waals surface area contributed by atoms with Gasteiger partial charge in [-0.05, 0) is 37.9 Å². The van der Waals surface area contributed by atoms with E-state index in [2.05, 4.69) is 5.32 Å². The molecule has 1 unspecified atom stereocenters. The second-order valence-corrected chi connectivity index (χ2v) is 5.50. The molecule has 1 heterocycles. The minimum absolute atomic E-state index is 0.00631. The molecule has 1 aromatic rings. The molecule has 1 aliphatic heterocycles. The number of rotatable bonds is 4. The Kier molecular flexibility index (Phi) is 5.38. The molecule has 1 fully saturated rings. The molecule has 0 bridgehead atoms. The van der Waals surface area contributed by atoms with Crippen molar-refractivity contribution in [1.82, 2.24) is 10.2 Å². The highest BCUT2D eigenvalue weighted by Gasteiger charge is 2.28. The van der Waals surface area contributed by atoms with Gasteiger partial charge in [0, 0.05) is 19.1 Å². The Balaban J connectivity index is 2.26. The van der Waals surface area contributed by atoms with Gasteiger partial charge in [0.2, 0.25) is 0 Å². The lowest BCUT2D eigenvalue weighted by molar-refractivity contribution is 0.0644. The summed E-state index contributed by atoms with van der Waals surface area (Å²) in [6.07, 6.45) is 2.82. The molecule has 3 nitrogen and oxygen atoms in total. The average Bonchev–Trinajstić information content (AvgIpc) is 2.45. The number of carbonyl (C=O) groups excluding carboxylic acids is 1. The summed E-state index contributed by atoms with van der Waals surface area (Å²) < 4.78 is 13.9. The van der Waals surface area contributed by atoms with E-state index in [1.165, 1.54) is 12.1 Å². The molecule has 0 aliphatic carbocycles. The summed E-state index contributed by atoms with van der Waals surface area (Å²) in [5.74, 6) is -0.851. The van der Waals surface area contributed by atoms with Crippen molar-refractivity contribution in [3.63, 3.8) is 0 Å². The standard InChI is InChI=1S/C15H20ClFN2O/c1-2-9-19(11-5-4-8-18-10-11)15(20)14-12(16)6-3-7-13(14)17/h3,6-7,11,18H,2,4-5,8-10H2,1H3. The van der Waals surface area contributed by atoms with Gasteiger partial charge in [-0.25, -0.2) is 4.39 Å². The minimum Gasteiger partial charge on any atom is -0.334 e. The topological polar surface area (TPSA) is 32.3 Å². The number of amides is 1. The summed E-state index contributed by atoms with van der Waals surface area (Å²) >= 11 is 6.00. The highest BCUT2D eigenvalue weighted by Crippen LogP contribution is 2.23. The maximum absolute atomic E-state index is 13.9. The Morgan fingerprint density at radius 2 is 2.35 bits per heavy atom.